The Labute approximate surface area is 176 Å². The molecule has 1 atom stereocenters. The molecule has 2 aromatic rings. The molecule has 0 fully saturated rings. The van der Waals surface area contributed by atoms with Gasteiger partial charge in [0.1, 0.15) is 0 Å². The summed E-state index contributed by atoms with van der Waals surface area (Å²) < 4.78 is 75.9. The lowest BCUT2D eigenvalue weighted by atomic mass is 10.2. The standard InChI is InChI=1S/C18H18ClF3N2O5S/c1-10(17(25)23-14-8-11(18(20,21)22)4-6-13(14)19)24-30(26,27)12-5-7-15(28-2)16(9-12)29-3/h4-10,24H,1-3H3,(H,23,25)/t10-/m0/s1. The van der Waals surface area contributed by atoms with Gasteiger partial charge in [-0.2, -0.15) is 17.9 Å². The van der Waals surface area contributed by atoms with Crippen molar-refractivity contribution >= 4 is 33.2 Å². The average Bonchev–Trinajstić information content (AvgIpc) is 2.67. The Morgan fingerprint density at radius 1 is 1.07 bits per heavy atom. The van der Waals surface area contributed by atoms with Crippen molar-refractivity contribution in [2.24, 2.45) is 0 Å². The Bertz CT molecular complexity index is 1040. The topological polar surface area (TPSA) is 93.7 Å². The van der Waals surface area contributed by atoms with E-state index in [4.69, 9.17) is 21.1 Å². The maximum Gasteiger partial charge on any atom is 0.416 e. The van der Waals surface area contributed by atoms with Gasteiger partial charge >= 0.3 is 6.18 Å². The summed E-state index contributed by atoms with van der Waals surface area (Å²) in [6, 6.07) is 4.91. The number of carbonyl (C=O) groups is 1. The van der Waals surface area contributed by atoms with Gasteiger partial charge in [-0.25, -0.2) is 8.42 Å². The lowest BCUT2D eigenvalue weighted by Gasteiger charge is -2.17. The molecule has 30 heavy (non-hydrogen) atoms. The zero-order chi connectivity index (χ0) is 22.7. The van der Waals surface area contributed by atoms with E-state index in [1.807, 2.05) is 0 Å². The minimum absolute atomic E-state index is 0.133. The van der Waals surface area contributed by atoms with Crippen molar-refractivity contribution in [3.63, 3.8) is 0 Å². The second-order valence-electron chi connectivity index (χ2n) is 6.04. The number of methoxy groups -OCH3 is 2. The molecule has 0 radical (unpaired) electrons. The quantitative estimate of drug-likeness (QED) is 0.649. The van der Waals surface area contributed by atoms with Crippen LogP contribution in [0.4, 0.5) is 18.9 Å². The molecule has 1 amide bonds. The molecule has 0 aliphatic carbocycles. The lowest BCUT2D eigenvalue weighted by molar-refractivity contribution is -0.137. The van der Waals surface area contributed by atoms with Crippen molar-refractivity contribution in [1.82, 2.24) is 4.72 Å². The maximum atomic E-state index is 12.9. The molecular formula is C18H18ClF3N2O5S. The van der Waals surface area contributed by atoms with Gasteiger partial charge in [-0.05, 0) is 37.3 Å². The smallest absolute Gasteiger partial charge is 0.416 e. The lowest BCUT2D eigenvalue weighted by Crippen LogP contribution is -2.41. The van der Waals surface area contributed by atoms with Crippen molar-refractivity contribution in [2.45, 2.75) is 24.0 Å². The summed E-state index contributed by atoms with van der Waals surface area (Å²) in [6.07, 6.45) is -4.63. The van der Waals surface area contributed by atoms with Crippen LogP contribution in [-0.4, -0.2) is 34.6 Å². The van der Waals surface area contributed by atoms with Crippen molar-refractivity contribution in [1.29, 1.82) is 0 Å². The molecular weight excluding hydrogens is 449 g/mol. The van der Waals surface area contributed by atoms with Crippen molar-refractivity contribution in [2.75, 3.05) is 19.5 Å². The van der Waals surface area contributed by atoms with Crippen LogP contribution < -0.4 is 19.5 Å². The molecule has 0 saturated heterocycles. The van der Waals surface area contributed by atoms with Crippen LogP contribution in [0.1, 0.15) is 12.5 Å². The van der Waals surface area contributed by atoms with Crippen LogP contribution >= 0.6 is 11.6 Å². The number of hydrogen-bond acceptors (Lipinski definition) is 5. The van der Waals surface area contributed by atoms with Gasteiger partial charge in [0.25, 0.3) is 0 Å². The zero-order valence-electron chi connectivity index (χ0n) is 16.0. The van der Waals surface area contributed by atoms with Gasteiger partial charge in [0.2, 0.25) is 15.9 Å². The van der Waals surface area contributed by atoms with E-state index in [0.717, 1.165) is 12.1 Å². The highest BCUT2D eigenvalue weighted by Gasteiger charge is 2.31. The van der Waals surface area contributed by atoms with E-state index in [0.29, 0.717) is 11.8 Å². The normalized spacial score (nSPS) is 12.9. The fourth-order valence-corrected chi connectivity index (χ4v) is 3.76. The van der Waals surface area contributed by atoms with Gasteiger partial charge in [0.05, 0.1) is 41.4 Å². The largest absolute Gasteiger partial charge is 0.493 e. The zero-order valence-corrected chi connectivity index (χ0v) is 17.6. The third-order valence-electron chi connectivity index (χ3n) is 3.94. The van der Waals surface area contributed by atoms with Crippen LogP contribution in [0, 0.1) is 0 Å². The minimum Gasteiger partial charge on any atom is -0.493 e. The monoisotopic (exact) mass is 466 g/mol. The summed E-state index contributed by atoms with van der Waals surface area (Å²) in [5, 5.41) is 2.06. The summed E-state index contributed by atoms with van der Waals surface area (Å²) in [4.78, 5) is 12.1. The number of benzene rings is 2. The number of hydrogen-bond donors (Lipinski definition) is 2. The van der Waals surface area contributed by atoms with E-state index in [2.05, 4.69) is 10.0 Å². The summed E-state index contributed by atoms with van der Waals surface area (Å²) in [6.45, 7) is 1.23. The second kappa shape index (κ2) is 9.11. The number of amides is 1. The van der Waals surface area contributed by atoms with Gasteiger partial charge < -0.3 is 14.8 Å². The summed E-state index contributed by atoms with van der Waals surface area (Å²) in [5.74, 6) is -0.435. The molecule has 0 saturated carbocycles. The van der Waals surface area contributed by atoms with Crippen LogP contribution in [0.25, 0.3) is 0 Å². The number of carbonyl (C=O) groups excluding carboxylic acids is 1. The van der Waals surface area contributed by atoms with Crippen molar-refractivity contribution < 1.29 is 35.9 Å². The SMILES string of the molecule is COc1ccc(S(=O)(=O)N[C@@H](C)C(=O)Nc2cc(C(F)(F)F)ccc2Cl)cc1OC. The van der Waals surface area contributed by atoms with E-state index in [1.165, 1.54) is 39.3 Å². The predicted octanol–water partition coefficient (Wildman–Crippen LogP) is 3.68. The van der Waals surface area contributed by atoms with Gasteiger partial charge in [0.15, 0.2) is 11.5 Å². The molecule has 12 heteroatoms. The average molecular weight is 467 g/mol. The Hall–Kier alpha value is -2.50. The first-order valence-electron chi connectivity index (χ1n) is 8.31. The molecule has 7 nitrogen and oxygen atoms in total. The first-order valence-corrected chi connectivity index (χ1v) is 10.2. The van der Waals surface area contributed by atoms with Gasteiger partial charge in [-0.1, -0.05) is 11.6 Å². The molecule has 164 valence electrons. The Kier molecular flexibility index (Phi) is 7.22. The predicted molar refractivity (Wildman–Crippen MR) is 104 cm³/mol. The van der Waals surface area contributed by atoms with Crippen LogP contribution in [0.15, 0.2) is 41.3 Å². The molecule has 0 aliphatic heterocycles. The Balaban J connectivity index is 2.19. The Morgan fingerprint density at radius 2 is 1.70 bits per heavy atom. The second-order valence-corrected chi connectivity index (χ2v) is 8.16. The van der Waals surface area contributed by atoms with Crippen LogP contribution in [0.5, 0.6) is 11.5 Å². The molecule has 2 rings (SSSR count). The molecule has 0 spiro atoms. The van der Waals surface area contributed by atoms with Gasteiger partial charge in [0, 0.05) is 6.07 Å². The van der Waals surface area contributed by atoms with E-state index in [-0.39, 0.29) is 21.4 Å². The molecule has 2 aromatic carbocycles. The van der Waals surface area contributed by atoms with E-state index in [9.17, 15) is 26.4 Å². The number of nitrogens with one attached hydrogen (secondary N) is 2. The molecule has 0 unspecified atom stereocenters. The Morgan fingerprint density at radius 3 is 2.27 bits per heavy atom. The number of alkyl halides is 3. The van der Waals surface area contributed by atoms with E-state index in [1.54, 1.807) is 0 Å². The molecule has 0 heterocycles. The van der Waals surface area contributed by atoms with Crippen LogP contribution in [0.3, 0.4) is 0 Å². The summed E-state index contributed by atoms with van der Waals surface area (Å²) in [7, 11) is -1.44. The maximum absolute atomic E-state index is 12.9. The number of sulfonamides is 1. The molecule has 2 N–H and O–H groups in total. The summed E-state index contributed by atoms with van der Waals surface area (Å²) >= 11 is 5.84. The fourth-order valence-electron chi connectivity index (χ4n) is 2.38. The number of halogens is 4. The third kappa shape index (κ3) is 5.55. The third-order valence-corrected chi connectivity index (χ3v) is 5.81. The highest BCUT2D eigenvalue weighted by Crippen LogP contribution is 2.34. The highest BCUT2D eigenvalue weighted by atomic mass is 35.5. The minimum atomic E-state index is -4.63. The highest BCUT2D eigenvalue weighted by molar-refractivity contribution is 7.89. The van der Waals surface area contributed by atoms with E-state index < -0.39 is 33.7 Å². The molecule has 0 aromatic heterocycles. The van der Waals surface area contributed by atoms with E-state index >= 15 is 0 Å². The first-order chi connectivity index (χ1) is 13.9. The molecule has 0 aliphatic rings. The van der Waals surface area contributed by atoms with Crippen molar-refractivity contribution in [3.8, 4) is 11.5 Å². The van der Waals surface area contributed by atoms with Crippen molar-refractivity contribution in [3.05, 3.63) is 47.0 Å². The number of ether oxygens (including phenoxy) is 2. The number of rotatable bonds is 7. The van der Waals surface area contributed by atoms with Gasteiger partial charge in [-0.15, -0.1) is 0 Å². The number of anilines is 1. The van der Waals surface area contributed by atoms with Crippen LogP contribution in [0.2, 0.25) is 5.02 Å². The molecule has 0 bridgehead atoms. The first kappa shape index (κ1) is 23.8. The summed E-state index contributed by atoms with van der Waals surface area (Å²) in [5.41, 5.74) is -1.31. The van der Waals surface area contributed by atoms with Crippen LogP contribution in [-0.2, 0) is 21.0 Å². The fraction of sp³-hybridized carbons (Fsp3) is 0.278. The van der Waals surface area contributed by atoms with Gasteiger partial charge in [-0.3, -0.25) is 4.79 Å².